The normalized spacial score (nSPS) is 10.6. The number of hydrogen-bond acceptors (Lipinski definition) is 4. The average Bonchev–Trinajstić information content (AvgIpc) is 2.50. The molecule has 126 valence electrons. The van der Waals surface area contributed by atoms with Crippen molar-refractivity contribution >= 4 is 79.7 Å². The summed E-state index contributed by atoms with van der Waals surface area (Å²) in [5, 5.41) is 10.6. The lowest BCUT2D eigenvalue weighted by Gasteiger charge is -2.12. The van der Waals surface area contributed by atoms with Crippen molar-refractivity contribution < 1.29 is 32.6 Å². The Balaban J connectivity index is 2.47. The van der Waals surface area contributed by atoms with Crippen LogP contribution in [-0.4, -0.2) is 11.9 Å². The lowest BCUT2D eigenvalue weighted by Crippen LogP contribution is -2.25. The van der Waals surface area contributed by atoms with Gasteiger partial charge in [-0.25, -0.2) is 13.6 Å². The van der Waals surface area contributed by atoms with Crippen LogP contribution in [0.1, 0.15) is 20.7 Å². The minimum absolute atomic E-state index is 0.0371. The SMILES string of the molecule is O=C([O-])c1cc(F)c(OC(=O)c2cc(I)cc(I)c2I)c(F)c1F. The van der Waals surface area contributed by atoms with Gasteiger partial charge in [0.25, 0.3) is 0 Å². The molecule has 0 heterocycles. The molecule has 0 N–H and O–H groups in total. The summed E-state index contributed by atoms with van der Waals surface area (Å²) in [6, 6.07) is 3.41. The summed E-state index contributed by atoms with van der Waals surface area (Å²) in [4.78, 5) is 22.8. The molecular formula is C14H3F3I3O4-. The summed E-state index contributed by atoms with van der Waals surface area (Å²) < 4.78 is 47.7. The molecule has 0 unspecified atom stereocenters. The molecule has 0 radical (unpaired) electrons. The van der Waals surface area contributed by atoms with E-state index >= 15 is 0 Å². The molecule has 2 aromatic rings. The molecule has 10 heteroatoms. The molecule has 0 spiro atoms. The van der Waals surface area contributed by atoms with Crippen molar-refractivity contribution in [3.05, 3.63) is 57.5 Å². The van der Waals surface area contributed by atoms with Gasteiger partial charge in [0.2, 0.25) is 11.6 Å². The van der Waals surface area contributed by atoms with E-state index in [0.717, 1.165) is 0 Å². The lowest BCUT2D eigenvalue weighted by molar-refractivity contribution is -0.255. The van der Waals surface area contributed by atoms with Crippen LogP contribution in [0.15, 0.2) is 18.2 Å². The summed E-state index contributed by atoms with van der Waals surface area (Å²) in [5.74, 6) is -9.83. The van der Waals surface area contributed by atoms with Crippen molar-refractivity contribution in [1.29, 1.82) is 0 Å². The maximum atomic E-state index is 13.8. The minimum Gasteiger partial charge on any atom is -0.545 e. The zero-order chi connectivity index (χ0) is 18.2. The maximum absolute atomic E-state index is 13.8. The second-order valence-electron chi connectivity index (χ2n) is 4.29. The van der Waals surface area contributed by atoms with E-state index in [1.54, 1.807) is 6.07 Å². The Morgan fingerprint density at radius 2 is 1.58 bits per heavy atom. The monoisotopic (exact) mass is 673 g/mol. The van der Waals surface area contributed by atoms with E-state index in [1.165, 1.54) is 6.07 Å². The first-order chi connectivity index (χ1) is 11.1. The molecule has 0 aliphatic carbocycles. The molecule has 0 aromatic heterocycles. The van der Waals surface area contributed by atoms with Gasteiger partial charge in [-0.3, -0.25) is 0 Å². The number of benzene rings is 2. The predicted octanol–water partition coefficient (Wildman–Crippen LogP) is 3.50. The Morgan fingerprint density at radius 1 is 0.958 bits per heavy atom. The number of rotatable bonds is 3. The van der Waals surface area contributed by atoms with Gasteiger partial charge in [-0.05, 0) is 86.0 Å². The summed E-state index contributed by atoms with van der Waals surface area (Å²) in [6.07, 6.45) is 0. The Morgan fingerprint density at radius 3 is 2.17 bits per heavy atom. The molecular weight excluding hydrogens is 670 g/mol. The second-order valence-corrected chi connectivity index (χ2v) is 7.78. The van der Waals surface area contributed by atoms with Gasteiger partial charge < -0.3 is 14.6 Å². The zero-order valence-corrected chi connectivity index (χ0v) is 17.6. The van der Waals surface area contributed by atoms with Gasteiger partial charge in [0.15, 0.2) is 11.6 Å². The highest BCUT2D eigenvalue weighted by Crippen LogP contribution is 2.29. The molecule has 0 fully saturated rings. The van der Waals surface area contributed by atoms with Gasteiger partial charge >= 0.3 is 5.97 Å². The number of carbonyl (C=O) groups is 2. The van der Waals surface area contributed by atoms with Crippen molar-refractivity contribution in [2.45, 2.75) is 0 Å². The number of hydrogen-bond donors (Lipinski definition) is 0. The minimum atomic E-state index is -2.09. The zero-order valence-electron chi connectivity index (χ0n) is 11.1. The third-order valence-corrected chi connectivity index (χ3v) is 6.41. The van der Waals surface area contributed by atoms with Crippen LogP contribution in [0.5, 0.6) is 5.75 Å². The number of ether oxygens (including phenoxy) is 1. The fourth-order valence-corrected chi connectivity index (χ4v) is 4.05. The molecule has 0 atom stereocenters. The Kier molecular flexibility index (Phi) is 6.33. The maximum Gasteiger partial charge on any atom is 0.344 e. The fourth-order valence-electron chi connectivity index (χ4n) is 1.67. The highest BCUT2D eigenvalue weighted by atomic mass is 127. The summed E-state index contributed by atoms with van der Waals surface area (Å²) in [5.41, 5.74) is -1.27. The Bertz CT molecular complexity index is 871. The quantitative estimate of drug-likeness (QED) is 0.217. The van der Waals surface area contributed by atoms with Gasteiger partial charge in [-0.15, -0.1) is 0 Å². The van der Waals surface area contributed by atoms with Crippen LogP contribution in [0.4, 0.5) is 13.2 Å². The molecule has 0 amide bonds. The van der Waals surface area contributed by atoms with Crippen LogP contribution in [-0.2, 0) is 0 Å². The van der Waals surface area contributed by atoms with Crippen LogP contribution in [0.25, 0.3) is 0 Å². The van der Waals surface area contributed by atoms with Gasteiger partial charge in [0, 0.05) is 16.3 Å². The van der Waals surface area contributed by atoms with Crippen molar-refractivity contribution in [2.75, 3.05) is 0 Å². The third-order valence-electron chi connectivity index (χ3n) is 2.74. The van der Waals surface area contributed by atoms with E-state index < -0.39 is 40.7 Å². The van der Waals surface area contributed by atoms with Crippen molar-refractivity contribution in [2.24, 2.45) is 0 Å². The van der Waals surface area contributed by atoms with Crippen LogP contribution in [0, 0.1) is 28.2 Å². The summed E-state index contributed by atoms with van der Waals surface area (Å²) >= 11 is 5.77. The third kappa shape index (κ3) is 3.95. The Labute approximate surface area is 174 Å². The van der Waals surface area contributed by atoms with Gasteiger partial charge in [0.05, 0.1) is 11.5 Å². The van der Waals surface area contributed by atoms with Gasteiger partial charge in [-0.1, -0.05) is 0 Å². The molecule has 0 saturated carbocycles. The molecule has 0 aliphatic heterocycles. The highest BCUT2D eigenvalue weighted by Gasteiger charge is 2.25. The second kappa shape index (κ2) is 7.72. The van der Waals surface area contributed by atoms with Crippen LogP contribution in [0.2, 0.25) is 0 Å². The molecule has 24 heavy (non-hydrogen) atoms. The molecule has 0 aliphatic rings. The van der Waals surface area contributed by atoms with Crippen molar-refractivity contribution in [3.63, 3.8) is 0 Å². The largest absolute Gasteiger partial charge is 0.545 e. The number of esters is 1. The smallest absolute Gasteiger partial charge is 0.344 e. The van der Waals surface area contributed by atoms with Crippen LogP contribution < -0.4 is 9.84 Å². The van der Waals surface area contributed by atoms with Crippen molar-refractivity contribution in [1.82, 2.24) is 0 Å². The summed E-state index contributed by atoms with van der Waals surface area (Å²) in [7, 11) is 0. The first kappa shape index (κ1) is 19.7. The topological polar surface area (TPSA) is 66.4 Å². The number of carboxylic acid groups (broad SMARTS) is 1. The number of halogens is 6. The van der Waals surface area contributed by atoms with Gasteiger partial charge in [-0.2, -0.15) is 4.39 Å². The van der Waals surface area contributed by atoms with Crippen molar-refractivity contribution in [3.8, 4) is 5.75 Å². The lowest BCUT2D eigenvalue weighted by atomic mass is 10.2. The molecule has 4 nitrogen and oxygen atoms in total. The van der Waals surface area contributed by atoms with Gasteiger partial charge in [0.1, 0.15) is 0 Å². The number of carboxylic acids is 1. The van der Waals surface area contributed by atoms with E-state index in [1.807, 2.05) is 67.8 Å². The molecule has 2 rings (SSSR count). The van der Waals surface area contributed by atoms with E-state index in [2.05, 4.69) is 4.74 Å². The van der Waals surface area contributed by atoms with E-state index in [4.69, 9.17) is 0 Å². The Hall–Kier alpha value is -0.640. The number of carbonyl (C=O) groups excluding carboxylic acids is 2. The predicted molar refractivity (Wildman–Crippen MR) is 100 cm³/mol. The first-order valence-corrected chi connectivity index (χ1v) is 9.12. The van der Waals surface area contributed by atoms with E-state index in [9.17, 15) is 27.9 Å². The summed E-state index contributed by atoms with van der Waals surface area (Å²) in [6.45, 7) is 0. The molecule has 2 aromatic carbocycles. The van der Waals surface area contributed by atoms with Crippen LogP contribution in [0.3, 0.4) is 0 Å². The van der Waals surface area contributed by atoms with E-state index in [-0.39, 0.29) is 11.6 Å². The first-order valence-electron chi connectivity index (χ1n) is 5.89. The van der Waals surface area contributed by atoms with E-state index in [0.29, 0.717) is 10.7 Å². The molecule has 0 saturated heterocycles. The standard InChI is InChI=1S/C14H4F3I3O4/c15-7-3-5(13(21)22)9(16)10(17)12(7)24-14(23)6-1-4(18)2-8(19)11(6)20/h1-3H,(H,21,22)/p-1. The molecule has 0 bridgehead atoms. The number of aromatic carboxylic acids is 1. The van der Waals surface area contributed by atoms with Crippen LogP contribution >= 0.6 is 67.8 Å². The highest BCUT2D eigenvalue weighted by molar-refractivity contribution is 14.1. The fraction of sp³-hybridized carbons (Fsp3) is 0. The average molecular weight is 673 g/mol.